The largest absolute Gasteiger partial charge is 0.486 e. The first-order valence-electron chi connectivity index (χ1n) is 7.78. The molecule has 3 rings (SSSR count). The van der Waals surface area contributed by atoms with Gasteiger partial charge in [0.25, 0.3) is 5.91 Å². The van der Waals surface area contributed by atoms with E-state index in [1.807, 2.05) is 30.3 Å². The smallest absolute Gasteiger partial charge is 0.291 e. The number of anilines is 1. The van der Waals surface area contributed by atoms with Gasteiger partial charge in [0.05, 0.1) is 12.5 Å². The first kappa shape index (κ1) is 16.3. The van der Waals surface area contributed by atoms with Crippen LogP contribution in [0.25, 0.3) is 0 Å². The van der Waals surface area contributed by atoms with Crippen molar-refractivity contribution in [2.75, 3.05) is 5.32 Å². The number of hydrogen-bond donors (Lipinski definition) is 1. The minimum atomic E-state index is -0.334. The molecule has 25 heavy (non-hydrogen) atoms. The van der Waals surface area contributed by atoms with E-state index < -0.39 is 0 Å². The Bertz CT molecular complexity index is 877. The molecule has 5 nitrogen and oxygen atoms in total. The summed E-state index contributed by atoms with van der Waals surface area (Å²) in [5, 5.41) is 11.4. The molecular formula is C20H16N2O3. The van der Waals surface area contributed by atoms with Gasteiger partial charge < -0.3 is 14.5 Å². The molecule has 124 valence electrons. The quantitative estimate of drug-likeness (QED) is 0.735. The van der Waals surface area contributed by atoms with E-state index in [-0.39, 0.29) is 18.3 Å². The maximum atomic E-state index is 12.2. The summed E-state index contributed by atoms with van der Waals surface area (Å²) in [7, 11) is 0. The van der Waals surface area contributed by atoms with Crippen LogP contribution in [-0.2, 0) is 13.0 Å². The molecule has 0 saturated carbocycles. The van der Waals surface area contributed by atoms with E-state index in [1.54, 1.807) is 36.4 Å². The zero-order valence-corrected chi connectivity index (χ0v) is 13.4. The van der Waals surface area contributed by atoms with Crippen molar-refractivity contribution in [2.45, 2.75) is 13.0 Å². The lowest BCUT2D eigenvalue weighted by molar-refractivity contribution is 0.0992. The summed E-state index contributed by atoms with van der Waals surface area (Å²) in [6.45, 7) is 0.250. The molecular weight excluding hydrogens is 316 g/mol. The lowest BCUT2D eigenvalue weighted by atomic mass is 10.1. The normalized spacial score (nSPS) is 10.0. The van der Waals surface area contributed by atoms with Gasteiger partial charge in [-0.05, 0) is 42.0 Å². The Morgan fingerprint density at radius 1 is 1.04 bits per heavy atom. The molecule has 0 aliphatic rings. The fraction of sp³-hybridized carbons (Fsp3) is 0.100. The Labute approximate surface area is 145 Å². The zero-order chi connectivity index (χ0) is 17.5. The maximum Gasteiger partial charge on any atom is 0.291 e. The SMILES string of the molecule is N#CCc1ccc(NC(=O)c2ccc(COc3ccccc3)o2)cc1. The van der Waals surface area contributed by atoms with E-state index in [1.165, 1.54) is 0 Å². The molecule has 0 radical (unpaired) electrons. The van der Waals surface area contributed by atoms with Gasteiger partial charge in [-0.3, -0.25) is 4.79 Å². The number of nitrogens with one attached hydrogen (secondary N) is 1. The summed E-state index contributed by atoms with van der Waals surface area (Å²) >= 11 is 0. The second-order valence-electron chi connectivity index (χ2n) is 5.35. The molecule has 0 spiro atoms. The minimum Gasteiger partial charge on any atom is -0.486 e. The molecule has 2 aromatic carbocycles. The van der Waals surface area contributed by atoms with E-state index >= 15 is 0 Å². The number of furan rings is 1. The number of carbonyl (C=O) groups is 1. The van der Waals surface area contributed by atoms with E-state index in [0.717, 1.165) is 11.3 Å². The summed E-state index contributed by atoms with van der Waals surface area (Å²) in [4.78, 5) is 12.2. The van der Waals surface area contributed by atoms with Crippen molar-refractivity contribution in [3.8, 4) is 11.8 Å². The van der Waals surface area contributed by atoms with Crippen LogP contribution in [-0.4, -0.2) is 5.91 Å². The molecule has 0 unspecified atom stereocenters. The highest BCUT2D eigenvalue weighted by atomic mass is 16.5. The van der Waals surface area contributed by atoms with Gasteiger partial charge in [-0.25, -0.2) is 0 Å². The van der Waals surface area contributed by atoms with E-state index in [9.17, 15) is 4.79 Å². The standard InChI is InChI=1S/C20H16N2O3/c21-13-12-15-6-8-16(9-7-15)22-20(23)19-11-10-18(25-19)14-24-17-4-2-1-3-5-17/h1-11H,12,14H2,(H,22,23). The molecule has 0 aliphatic heterocycles. The first-order chi connectivity index (χ1) is 12.2. The Morgan fingerprint density at radius 2 is 1.80 bits per heavy atom. The van der Waals surface area contributed by atoms with Crippen molar-refractivity contribution >= 4 is 11.6 Å². The Balaban J connectivity index is 1.57. The third-order valence-corrected chi connectivity index (χ3v) is 3.50. The average Bonchev–Trinajstić information content (AvgIpc) is 3.12. The van der Waals surface area contributed by atoms with Gasteiger partial charge in [-0.15, -0.1) is 0 Å². The van der Waals surface area contributed by atoms with Crippen LogP contribution in [0.5, 0.6) is 5.75 Å². The fourth-order valence-corrected chi connectivity index (χ4v) is 2.24. The van der Waals surface area contributed by atoms with Crippen LogP contribution >= 0.6 is 0 Å². The first-order valence-corrected chi connectivity index (χ1v) is 7.78. The summed E-state index contributed by atoms with van der Waals surface area (Å²) in [6.07, 6.45) is 0.344. The zero-order valence-electron chi connectivity index (χ0n) is 13.4. The third kappa shape index (κ3) is 4.49. The van der Waals surface area contributed by atoms with Crippen molar-refractivity contribution in [3.05, 3.63) is 83.8 Å². The number of benzene rings is 2. The molecule has 0 aliphatic carbocycles. The molecule has 0 saturated heterocycles. The molecule has 0 atom stereocenters. The number of nitrogens with zero attached hydrogens (tertiary/aromatic N) is 1. The van der Waals surface area contributed by atoms with Gasteiger partial charge >= 0.3 is 0 Å². The van der Waals surface area contributed by atoms with Crippen LogP contribution < -0.4 is 10.1 Å². The van der Waals surface area contributed by atoms with Crippen molar-refractivity contribution in [1.82, 2.24) is 0 Å². The van der Waals surface area contributed by atoms with Crippen molar-refractivity contribution in [2.24, 2.45) is 0 Å². The number of ether oxygens (including phenoxy) is 1. The topological polar surface area (TPSA) is 75.3 Å². The van der Waals surface area contributed by atoms with Crippen LogP contribution in [0, 0.1) is 11.3 Å². The van der Waals surface area contributed by atoms with Crippen molar-refractivity contribution in [3.63, 3.8) is 0 Å². The highest BCUT2D eigenvalue weighted by molar-refractivity contribution is 6.02. The lowest BCUT2D eigenvalue weighted by Crippen LogP contribution is -2.10. The fourth-order valence-electron chi connectivity index (χ4n) is 2.24. The molecule has 5 heteroatoms. The lowest BCUT2D eigenvalue weighted by Gasteiger charge is -2.04. The van der Waals surface area contributed by atoms with Gasteiger partial charge in [0.1, 0.15) is 18.1 Å². The molecule has 1 heterocycles. The number of para-hydroxylation sites is 1. The Morgan fingerprint density at radius 3 is 2.52 bits per heavy atom. The third-order valence-electron chi connectivity index (χ3n) is 3.50. The monoisotopic (exact) mass is 332 g/mol. The highest BCUT2D eigenvalue weighted by Crippen LogP contribution is 2.16. The average molecular weight is 332 g/mol. The number of nitriles is 1. The van der Waals surface area contributed by atoms with E-state index in [2.05, 4.69) is 11.4 Å². The van der Waals surface area contributed by atoms with Gasteiger partial charge in [0, 0.05) is 5.69 Å². The van der Waals surface area contributed by atoms with E-state index in [0.29, 0.717) is 17.9 Å². The van der Waals surface area contributed by atoms with Crippen molar-refractivity contribution < 1.29 is 13.9 Å². The Hall–Kier alpha value is -3.52. The molecule has 3 aromatic rings. The summed E-state index contributed by atoms with van der Waals surface area (Å²) in [5.41, 5.74) is 1.55. The maximum absolute atomic E-state index is 12.2. The second-order valence-corrected chi connectivity index (χ2v) is 5.35. The van der Waals surface area contributed by atoms with Gasteiger partial charge in [-0.2, -0.15) is 5.26 Å². The summed E-state index contributed by atoms with van der Waals surface area (Å²) in [6, 6.07) is 21.9. The van der Waals surface area contributed by atoms with Crippen LogP contribution in [0.1, 0.15) is 21.9 Å². The minimum absolute atomic E-state index is 0.216. The number of carbonyl (C=O) groups excluding carboxylic acids is 1. The molecule has 1 N–H and O–H groups in total. The molecule has 0 bridgehead atoms. The van der Waals surface area contributed by atoms with Crippen LogP contribution in [0.15, 0.2) is 71.1 Å². The predicted molar refractivity (Wildman–Crippen MR) is 93.2 cm³/mol. The highest BCUT2D eigenvalue weighted by Gasteiger charge is 2.12. The molecule has 1 aromatic heterocycles. The number of hydrogen-bond acceptors (Lipinski definition) is 4. The second kappa shape index (κ2) is 7.84. The van der Waals surface area contributed by atoms with Crippen LogP contribution in [0.2, 0.25) is 0 Å². The van der Waals surface area contributed by atoms with Gasteiger partial charge in [0.2, 0.25) is 0 Å². The number of amides is 1. The summed E-state index contributed by atoms with van der Waals surface area (Å²) < 4.78 is 11.1. The summed E-state index contributed by atoms with van der Waals surface area (Å²) in [5.74, 6) is 1.19. The predicted octanol–water partition coefficient (Wildman–Crippen LogP) is 4.18. The molecule has 1 amide bonds. The van der Waals surface area contributed by atoms with Crippen molar-refractivity contribution in [1.29, 1.82) is 5.26 Å². The van der Waals surface area contributed by atoms with Gasteiger partial charge in [-0.1, -0.05) is 30.3 Å². The van der Waals surface area contributed by atoms with Gasteiger partial charge in [0.15, 0.2) is 5.76 Å². The van der Waals surface area contributed by atoms with Crippen LogP contribution in [0.4, 0.5) is 5.69 Å². The van der Waals surface area contributed by atoms with E-state index in [4.69, 9.17) is 14.4 Å². The Kier molecular flexibility index (Phi) is 5.13. The number of rotatable bonds is 6. The van der Waals surface area contributed by atoms with Crippen LogP contribution in [0.3, 0.4) is 0 Å². The molecule has 0 fully saturated rings.